The van der Waals surface area contributed by atoms with Crippen molar-refractivity contribution in [3.63, 3.8) is 0 Å². The first-order valence-electron chi connectivity index (χ1n) is 4.74. The van der Waals surface area contributed by atoms with Gasteiger partial charge in [-0.3, -0.25) is 0 Å². The number of anilines is 1. The van der Waals surface area contributed by atoms with Crippen LogP contribution in [-0.4, -0.2) is 12.6 Å². The van der Waals surface area contributed by atoms with Gasteiger partial charge >= 0.3 is 5.97 Å². The molecule has 5 heteroatoms. The molecule has 1 aromatic carbocycles. The first-order chi connectivity index (χ1) is 7.65. The van der Waals surface area contributed by atoms with E-state index >= 15 is 0 Å². The highest BCUT2D eigenvalue weighted by molar-refractivity contribution is 5.90. The highest BCUT2D eigenvalue weighted by atomic mass is 19.1. The molecule has 0 spiro atoms. The molecule has 0 aliphatic carbocycles. The molecule has 0 saturated carbocycles. The van der Waals surface area contributed by atoms with Gasteiger partial charge in [-0.1, -0.05) is 0 Å². The number of nitriles is 1. The minimum atomic E-state index is -0.568. The average Bonchev–Trinajstić information content (AvgIpc) is 2.28. The van der Waals surface area contributed by atoms with Crippen molar-refractivity contribution in [1.82, 2.24) is 0 Å². The number of nitrogens with zero attached hydrogens (tertiary/aromatic N) is 1. The Morgan fingerprint density at radius 1 is 1.56 bits per heavy atom. The zero-order chi connectivity index (χ0) is 12.0. The van der Waals surface area contributed by atoms with Crippen molar-refractivity contribution in [1.29, 1.82) is 5.26 Å². The normalized spacial score (nSPS) is 9.50. The smallest absolute Gasteiger partial charge is 0.338 e. The van der Waals surface area contributed by atoms with Crippen LogP contribution in [0.2, 0.25) is 0 Å². The standard InChI is InChI=1S/C11H11FN2O2/c12-9-4-3-8(7-10(9)14)11(15)16-6-2-1-5-13/h3-4,7H,1-2,6,14H2. The largest absolute Gasteiger partial charge is 0.462 e. The van der Waals surface area contributed by atoms with Crippen LogP contribution < -0.4 is 5.73 Å². The molecule has 0 fully saturated rings. The molecule has 0 radical (unpaired) electrons. The minimum Gasteiger partial charge on any atom is -0.462 e. The van der Waals surface area contributed by atoms with Gasteiger partial charge in [0.2, 0.25) is 0 Å². The van der Waals surface area contributed by atoms with Gasteiger partial charge in [0.05, 0.1) is 23.9 Å². The van der Waals surface area contributed by atoms with Crippen molar-refractivity contribution >= 4 is 11.7 Å². The Morgan fingerprint density at radius 3 is 2.94 bits per heavy atom. The number of hydrogen-bond donors (Lipinski definition) is 1. The summed E-state index contributed by atoms with van der Waals surface area (Å²) in [4.78, 5) is 11.4. The number of rotatable bonds is 4. The Hall–Kier alpha value is -2.09. The maximum Gasteiger partial charge on any atom is 0.338 e. The molecule has 1 rings (SSSR count). The number of unbranched alkanes of at least 4 members (excludes halogenated alkanes) is 1. The van der Waals surface area contributed by atoms with E-state index in [1.165, 1.54) is 12.1 Å². The van der Waals surface area contributed by atoms with Crippen molar-refractivity contribution < 1.29 is 13.9 Å². The van der Waals surface area contributed by atoms with Gasteiger partial charge in [0, 0.05) is 6.42 Å². The van der Waals surface area contributed by atoms with Gasteiger partial charge in [0.25, 0.3) is 0 Å². The summed E-state index contributed by atoms with van der Waals surface area (Å²) in [6.07, 6.45) is 0.817. The first-order valence-corrected chi connectivity index (χ1v) is 4.74. The number of carbonyl (C=O) groups is 1. The van der Waals surface area contributed by atoms with Crippen LogP contribution in [0.3, 0.4) is 0 Å². The van der Waals surface area contributed by atoms with Crippen LogP contribution in [0.1, 0.15) is 23.2 Å². The lowest BCUT2D eigenvalue weighted by atomic mass is 10.2. The molecule has 0 heterocycles. The Morgan fingerprint density at radius 2 is 2.31 bits per heavy atom. The van der Waals surface area contributed by atoms with Crippen molar-refractivity contribution in [2.75, 3.05) is 12.3 Å². The Bertz CT molecular complexity index is 426. The number of nitrogen functional groups attached to an aromatic ring is 1. The van der Waals surface area contributed by atoms with E-state index in [4.69, 9.17) is 15.7 Å². The Balaban J connectivity index is 2.53. The van der Waals surface area contributed by atoms with Crippen LogP contribution >= 0.6 is 0 Å². The van der Waals surface area contributed by atoms with Crippen molar-refractivity contribution in [3.8, 4) is 6.07 Å². The third-order valence-electron chi connectivity index (χ3n) is 1.90. The molecule has 0 aliphatic heterocycles. The molecule has 4 nitrogen and oxygen atoms in total. The van der Waals surface area contributed by atoms with E-state index < -0.39 is 11.8 Å². The minimum absolute atomic E-state index is 0.0912. The van der Waals surface area contributed by atoms with E-state index in [-0.39, 0.29) is 17.9 Å². The Kier molecular flexibility index (Phi) is 4.28. The lowest BCUT2D eigenvalue weighted by Crippen LogP contribution is -2.07. The molecule has 0 aliphatic rings. The molecular weight excluding hydrogens is 211 g/mol. The monoisotopic (exact) mass is 222 g/mol. The number of carbonyl (C=O) groups excluding carboxylic acids is 1. The van der Waals surface area contributed by atoms with Crippen LogP contribution in [0.4, 0.5) is 10.1 Å². The molecule has 84 valence electrons. The fourth-order valence-electron chi connectivity index (χ4n) is 1.07. The maximum absolute atomic E-state index is 12.8. The topological polar surface area (TPSA) is 76.1 Å². The second-order valence-electron chi connectivity index (χ2n) is 3.13. The highest BCUT2D eigenvalue weighted by Gasteiger charge is 2.08. The third kappa shape index (κ3) is 3.24. The number of esters is 1. The summed E-state index contributed by atoms with van der Waals surface area (Å²) in [5.41, 5.74) is 5.42. The van der Waals surface area contributed by atoms with E-state index in [1.54, 1.807) is 0 Å². The quantitative estimate of drug-likeness (QED) is 0.479. The number of halogens is 1. The zero-order valence-electron chi connectivity index (χ0n) is 8.57. The zero-order valence-corrected chi connectivity index (χ0v) is 8.57. The molecule has 0 aromatic heterocycles. The second-order valence-corrected chi connectivity index (χ2v) is 3.13. The van der Waals surface area contributed by atoms with Crippen LogP contribution in [0, 0.1) is 17.1 Å². The summed E-state index contributed by atoms with van der Waals surface area (Å²) in [7, 11) is 0. The van der Waals surface area contributed by atoms with Crippen LogP contribution in [0.25, 0.3) is 0 Å². The van der Waals surface area contributed by atoms with Crippen molar-refractivity contribution in [2.45, 2.75) is 12.8 Å². The summed E-state index contributed by atoms with van der Waals surface area (Å²) in [5, 5.41) is 8.27. The molecule has 0 saturated heterocycles. The van der Waals surface area contributed by atoms with E-state index in [1.807, 2.05) is 6.07 Å². The highest BCUT2D eigenvalue weighted by Crippen LogP contribution is 2.13. The summed E-state index contributed by atoms with van der Waals surface area (Å²) >= 11 is 0. The summed E-state index contributed by atoms with van der Waals surface area (Å²) < 4.78 is 17.7. The molecule has 16 heavy (non-hydrogen) atoms. The molecule has 0 atom stereocenters. The lowest BCUT2D eigenvalue weighted by Gasteiger charge is -2.04. The van der Waals surface area contributed by atoms with Crippen molar-refractivity contribution in [2.24, 2.45) is 0 Å². The molecule has 2 N–H and O–H groups in total. The van der Waals surface area contributed by atoms with E-state index in [9.17, 15) is 9.18 Å². The summed E-state index contributed by atoms with van der Waals surface area (Å²) in [6.45, 7) is 0.170. The fourth-order valence-corrected chi connectivity index (χ4v) is 1.07. The number of ether oxygens (including phenoxy) is 1. The van der Waals surface area contributed by atoms with Crippen LogP contribution in [0.15, 0.2) is 18.2 Å². The van der Waals surface area contributed by atoms with Gasteiger partial charge in [-0.25, -0.2) is 9.18 Å². The van der Waals surface area contributed by atoms with Crippen molar-refractivity contribution in [3.05, 3.63) is 29.6 Å². The van der Waals surface area contributed by atoms with Crippen LogP contribution in [0.5, 0.6) is 0 Å². The average molecular weight is 222 g/mol. The molecular formula is C11H11FN2O2. The fraction of sp³-hybridized carbons (Fsp3) is 0.273. The van der Waals surface area contributed by atoms with Gasteiger partial charge in [0.15, 0.2) is 0 Å². The van der Waals surface area contributed by atoms with E-state index in [2.05, 4.69) is 0 Å². The third-order valence-corrected chi connectivity index (χ3v) is 1.90. The predicted octanol–water partition coefficient (Wildman–Crippen LogP) is 1.87. The first kappa shape index (κ1) is 12.0. The summed E-state index contributed by atoms with van der Waals surface area (Å²) in [5.74, 6) is -1.13. The van der Waals surface area contributed by atoms with Gasteiger partial charge < -0.3 is 10.5 Å². The van der Waals surface area contributed by atoms with Gasteiger partial charge in [0.1, 0.15) is 5.82 Å². The SMILES string of the molecule is N#CCCCOC(=O)c1ccc(F)c(N)c1. The Labute approximate surface area is 92.4 Å². The van der Waals surface area contributed by atoms with Gasteiger partial charge in [-0.05, 0) is 24.6 Å². The maximum atomic E-state index is 12.8. The lowest BCUT2D eigenvalue weighted by molar-refractivity contribution is 0.0501. The number of benzene rings is 1. The summed E-state index contributed by atoms with van der Waals surface area (Å²) in [6, 6.07) is 5.58. The van der Waals surface area contributed by atoms with Gasteiger partial charge in [-0.2, -0.15) is 5.26 Å². The molecule has 0 amide bonds. The predicted molar refractivity (Wildman–Crippen MR) is 55.9 cm³/mol. The number of hydrogen-bond acceptors (Lipinski definition) is 4. The second kappa shape index (κ2) is 5.71. The molecule has 0 unspecified atom stereocenters. The molecule has 0 bridgehead atoms. The van der Waals surface area contributed by atoms with E-state index in [0.29, 0.717) is 12.8 Å². The van der Waals surface area contributed by atoms with Gasteiger partial charge in [-0.15, -0.1) is 0 Å². The molecule has 1 aromatic rings. The number of nitrogens with two attached hydrogens (primary N) is 1. The van der Waals surface area contributed by atoms with E-state index in [0.717, 1.165) is 6.07 Å². The van der Waals surface area contributed by atoms with Crippen LogP contribution in [-0.2, 0) is 4.74 Å².